The summed E-state index contributed by atoms with van der Waals surface area (Å²) in [7, 11) is 0. The number of unbranched alkanes of at least 4 members (excludes halogenated alkanes) is 2. The van der Waals surface area contributed by atoms with Crippen LogP contribution in [0.4, 0.5) is 0 Å². The number of carbonyl (C=O) groups is 1. The highest BCUT2D eigenvalue weighted by molar-refractivity contribution is 7.09. The van der Waals surface area contributed by atoms with Crippen LogP contribution in [-0.2, 0) is 11.2 Å². The van der Waals surface area contributed by atoms with Crippen LogP contribution in [0.25, 0.3) is 0 Å². The van der Waals surface area contributed by atoms with Crippen molar-refractivity contribution in [1.29, 1.82) is 0 Å². The van der Waals surface area contributed by atoms with Gasteiger partial charge in [0.2, 0.25) is 5.91 Å². The fourth-order valence-electron chi connectivity index (χ4n) is 1.77. The zero-order valence-electron chi connectivity index (χ0n) is 11.2. The molecule has 0 aromatic carbocycles. The predicted octanol–water partition coefficient (Wildman–Crippen LogP) is 2.58. The van der Waals surface area contributed by atoms with Crippen LogP contribution in [0, 0.1) is 0 Å². The molecule has 102 valence electrons. The van der Waals surface area contributed by atoms with Crippen molar-refractivity contribution in [3.63, 3.8) is 0 Å². The lowest BCUT2D eigenvalue weighted by atomic mass is 10.1. The summed E-state index contributed by atoms with van der Waals surface area (Å²) in [6.45, 7) is 4.62. The van der Waals surface area contributed by atoms with Crippen molar-refractivity contribution >= 4 is 17.2 Å². The Labute approximate surface area is 114 Å². The minimum atomic E-state index is 0.184. The monoisotopic (exact) mass is 268 g/mol. The molecule has 1 rings (SSSR count). The molecule has 0 bridgehead atoms. The van der Waals surface area contributed by atoms with Gasteiger partial charge >= 0.3 is 0 Å². The Morgan fingerprint density at radius 3 is 2.89 bits per heavy atom. The van der Waals surface area contributed by atoms with E-state index in [4.69, 9.17) is 0 Å². The van der Waals surface area contributed by atoms with Crippen LogP contribution < -0.4 is 10.6 Å². The third kappa shape index (κ3) is 7.45. The normalized spacial score (nSPS) is 10.5. The summed E-state index contributed by atoms with van der Waals surface area (Å²) >= 11 is 1.82. The van der Waals surface area contributed by atoms with Crippen molar-refractivity contribution < 1.29 is 4.79 Å². The number of nitrogens with one attached hydrogen (secondary N) is 2. The van der Waals surface area contributed by atoms with E-state index in [1.165, 1.54) is 11.3 Å². The van der Waals surface area contributed by atoms with Crippen molar-refractivity contribution in [2.45, 2.75) is 39.0 Å². The molecule has 0 atom stereocenters. The van der Waals surface area contributed by atoms with E-state index in [9.17, 15) is 4.79 Å². The second kappa shape index (κ2) is 10.1. The van der Waals surface area contributed by atoms with Crippen LogP contribution in [0.5, 0.6) is 0 Å². The predicted molar refractivity (Wildman–Crippen MR) is 78.0 cm³/mol. The molecule has 0 saturated heterocycles. The lowest BCUT2D eigenvalue weighted by Crippen LogP contribution is -2.31. The first-order valence-corrected chi connectivity index (χ1v) is 7.70. The largest absolute Gasteiger partial charge is 0.355 e. The minimum absolute atomic E-state index is 0.184. The average Bonchev–Trinajstić information content (AvgIpc) is 2.87. The van der Waals surface area contributed by atoms with Gasteiger partial charge in [-0.2, -0.15) is 0 Å². The number of hydrogen-bond donors (Lipinski definition) is 2. The number of rotatable bonds is 10. The van der Waals surface area contributed by atoms with E-state index in [2.05, 4.69) is 35.1 Å². The lowest BCUT2D eigenvalue weighted by molar-refractivity contribution is -0.121. The van der Waals surface area contributed by atoms with Crippen LogP contribution in [0.1, 0.15) is 37.5 Å². The van der Waals surface area contributed by atoms with Crippen molar-refractivity contribution in [2.75, 3.05) is 19.6 Å². The number of hydrogen-bond acceptors (Lipinski definition) is 3. The Kier molecular flexibility index (Phi) is 8.51. The Hall–Kier alpha value is -0.870. The highest BCUT2D eigenvalue weighted by atomic mass is 32.1. The zero-order chi connectivity index (χ0) is 13.1. The van der Waals surface area contributed by atoms with Crippen molar-refractivity contribution in [2.24, 2.45) is 0 Å². The van der Waals surface area contributed by atoms with E-state index in [1.54, 1.807) is 0 Å². The van der Waals surface area contributed by atoms with E-state index in [0.29, 0.717) is 6.42 Å². The molecule has 0 saturated carbocycles. The number of carbonyl (C=O) groups excluding carboxylic acids is 1. The molecule has 1 heterocycles. The van der Waals surface area contributed by atoms with Gasteiger partial charge in [0.15, 0.2) is 0 Å². The Morgan fingerprint density at radius 2 is 2.17 bits per heavy atom. The summed E-state index contributed by atoms with van der Waals surface area (Å²) in [5.74, 6) is 0.184. The van der Waals surface area contributed by atoms with Gasteiger partial charge in [0.05, 0.1) is 0 Å². The molecule has 0 fully saturated rings. The lowest BCUT2D eigenvalue weighted by Gasteiger charge is -2.05. The van der Waals surface area contributed by atoms with Gasteiger partial charge in [0, 0.05) is 24.4 Å². The summed E-state index contributed by atoms with van der Waals surface area (Å²) in [5, 5.41) is 8.22. The third-order valence-electron chi connectivity index (χ3n) is 2.78. The highest BCUT2D eigenvalue weighted by Crippen LogP contribution is 2.13. The molecule has 4 heteroatoms. The van der Waals surface area contributed by atoms with E-state index >= 15 is 0 Å². The number of aryl methyl sites for hydroxylation is 1. The van der Waals surface area contributed by atoms with Gasteiger partial charge in [-0.15, -0.1) is 11.3 Å². The van der Waals surface area contributed by atoms with E-state index in [0.717, 1.165) is 38.9 Å². The van der Waals surface area contributed by atoms with Crippen molar-refractivity contribution in [3.8, 4) is 0 Å². The van der Waals surface area contributed by atoms with Gasteiger partial charge in [-0.05, 0) is 37.3 Å². The van der Waals surface area contributed by atoms with Gasteiger partial charge in [0.25, 0.3) is 0 Å². The molecule has 1 aromatic heterocycles. The fourth-order valence-corrected chi connectivity index (χ4v) is 2.52. The van der Waals surface area contributed by atoms with Gasteiger partial charge in [-0.3, -0.25) is 4.79 Å². The second-order valence-corrected chi connectivity index (χ2v) is 5.38. The summed E-state index contributed by atoms with van der Waals surface area (Å²) in [6, 6.07) is 4.27. The molecule has 18 heavy (non-hydrogen) atoms. The van der Waals surface area contributed by atoms with Crippen LogP contribution in [0.2, 0.25) is 0 Å². The molecule has 0 aliphatic carbocycles. The maximum Gasteiger partial charge on any atom is 0.220 e. The molecule has 2 N–H and O–H groups in total. The molecule has 1 aromatic rings. The van der Waals surface area contributed by atoms with Crippen molar-refractivity contribution in [1.82, 2.24) is 10.6 Å². The van der Waals surface area contributed by atoms with E-state index < -0.39 is 0 Å². The Morgan fingerprint density at radius 1 is 1.28 bits per heavy atom. The standard InChI is InChI=1S/C14H24N2OS/c1-2-15-10-11-16-14(17)9-5-3-4-7-13-8-6-12-18-13/h6,8,12,15H,2-5,7,9-11H2,1H3,(H,16,17). The number of thiophene rings is 1. The quantitative estimate of drug-likeness (QED) is 0.640. The Balaban J connectivity index is 1.89. The first kappa shape index (κ1) is 15.2. The summed E-state index contributed by atoms with van der Waals surface area (Å²) in [5.41, 5.74) is 0. The van der Waals surface area contributed by atoms with E-state index in [1.807, 2.05) is 11.3 Å². The van der Waals surface area contributed by atoms with E-state index in [-0.39, 0.29) is 5.91 Å². The maximum atomic E-state index is 11.5. The maximum absolute atomic E-state index is 11.5. The molecular weight excluding hydrogens is 244 g/mol. The molecular formula is C14H24N2OS. The smallest absolute Gasteiger partial charge is 0.220 e. The molecule has 3 nitrogen and oxygen atoms in total. The van der Waals surface area contributed by atoms with Crippen LogP contribution in [0.15, 0.2) is 17.5 Å². The summed E-state index contributed by atoms with van der Waals surface area (Å²) in [6.07, 6.45) is 5.14. The van der Waals surface area contributed by atoms with Crippen LogP contribution >= 0.6 is 11.3 Å². The highest BCUT2D eigenvalue weighted by Gasteiger charge is 2.00. The molecule has 0 spiro atoms. The average molecular weight is 268 g/mol. The topological polar surface area (TPSA) is 41.1 Å². The molecule has 0 unspecified atom stereocenters. The number of amides is 1. The third-order valence-corrected chi connectivity index (χ3v) is 3.72. The van der Waals surface area contributed by atoms with Gasteiger partial charge < -0.3 is 10.6 Å². The minimum Gasteiger partial charge on any atom is -0.355 e. The Bertz CT molecular complexity index is 312. The first-order chi connectivity index (χ1) is 8.83. The molecule has 0 radical (unpaired) electrons. The molecule has 0 aliphatic heterocycles. The van der Waals surface area contributed by atoms with Crippen molar-refractivity contribution in [3.05, 3.63) is 22.4 Å². The van der Waals surface area contributed by atoms with Gasteiger partial charge in [0.1, 0.15) is 0 Å². The SMILES string of the molecule is CCNCCNC(=O)CCCCCc1cccs1. The molecule has 1 amide bonds. The van der Waals surface area contributed by atoms with Crippen LogP contribution in [0.3, 0.4) is 0 Å². The first-order valence-electron chi connectivity index (χ1n) is 6.82. The summed E-state index contributed by atoms with van der Waals surface area (Å²) < 4.78 is 0. The second-order valence-electron chi connectivity index (χ2n) is 4.34. The number of likely N-dealkylation sites (N-methyl/N-ethyl adjacent to an activating group) is 1. The fraction of sp³-hybridized carbons (Fsp3) is 0.643. The van der Waals surface area contributed by atoms with Gasteiger partial charge in [-0.1, -0.05) is 19.4 Å². The summed E-state index contributed by atoms with van der Waals surface area (Å²) in [4.78, 5) is 12.9. The zero-order valence-corrected chi connectivity index (χ0v) is 12.0. The van der Waals surface area contributed by atoms with Gasteiger partial charge in [-0.25, -0.2) is 0 Å². The van der Waals surface area contributed by atoms with Crippen LogP contribution in [-0.4, -0.2) is 25.5 Å². The molecule has 0 aliphatic rings.